The van der Waals surface area contributed by atoms with Crippen LogP contribution in [0.1, 0.15) is 44.6 Å². The second-order valence-electron chi connectivity index (χ2n) is 5.63. The van der Waals surface area contributed by atoms with Crippen molar-refractivity contribution in [3.8, 4) is 0 Å². The Bertz CT molecular complexity index is 371. The molecule has 4 heteroatoms. The molecule has 1 aliphatic rings. The molecule has 1 heterocycles. The molecule has 1 saturated carbocycles. The summed E-state index contributed by atoms with van der Waals surface area (Å²) in [5, 5.41) is 3.34. The highest BCUT2D eigenvalue weighted by Gasteiger charge is 2.36. The zero-order valence-corrected chi connectivity index (χ0v) is 11.6. The summed E-state index contributed by atoms with van der Waals surface area (Å²) in [7, 11) is 1.77. The lowest BCUT2D eigenvalue weighted by Gasteiger charge is -2.41. The molecule has 0 bridgehead atoms. The van der Waals surface area contributed by atoms with Crippen LogP contribution >= 0.6 is 0 Å². The third-order valence-corrected chi connectivity index (χ3v) is 3.82. The molecule has 0 aromatic carbocycles. The molecule has 0 aliphatic heterocycles. The zero-order valence-electron chi connectivity index (χ0n) is 11.6. The number of methoxy groups -OCH3 is 1. The number of hydrogen-bond donors (Lipinski definition) is 1. The normalized spacial score (nSPS) is 17.6. The van der Waals surface area contributed by atoms with Crippen LogP contribution in [0.3, 0.4) is 0 Å². The fourth-order valence-electron chi connectivity index (χ4n) is 2.35. The van der Waals surface area contributed by atoms with Gasteiger partial charge in [-0.05, 0) is 24.3 Å². The Morgan fingerprint density at radius 1 is 1.33 bits per heavy atom. The lowest BCUT2D eigenvalue weighted by atomic mass is 9.69. The van der Waals surface area contributed by atoms with Crippen molar-refractivity contribution in [2.45, 2.75) is 39.0 Å². The SMILES string of the molecule is COCC1(CNc2ncc(C(C)C)cn2)CCC1. The highest BCUT2D eigenvalue weighted by atomic mass is 16.5. The van der Waals surface area contributed by atoms with Gasteiger partial charge in [-0.1, -0.05) is 20.3 Å². The first kappa shape index (κ1) is 13.3. The molecule has 0 atom stereocenters. The first-order valence-corrected chi connectivity index (χ1v) is 6.70. The Morgan fingerprint density at radius 2 is 2.00 bits per heavy atom. The van der Waals surface area contributed by atoms with Gasteiger partial charge < -0.3 is 10.1 Å². The number of aromatic nitrogens is 2. The number of nitrogens with zero attached hydrogens (tertiary/aromatic N) is 2. The summed E-state index contributed by atoms with van der Waals surface area (Å²) in [5.41, 5.74) is 1.48. The summed E-state index contributed by atoms with van der Waals surface area (Å²) in [5.74, 6) is 1.20. The lowest BCUT2D eigenvalue weighted by molar-refractivity contribution is 0.0281. The average Bonchev–Trinajstić information content (AvgIpc) is 2.33. The predicted molar refractivity (Wildman–Crippen MR) is 72.8 cm³/mol. The number of nitrogens with one attached hydrogen (secondary N) is 1. The van der Waals surface area contributed by atoms with E-state index in [1.165, 1.54) is 24.8 Å². The van der Waals surface area contributed by atoms with Gasteiger partial charge in [0.05, 0.1) is 6.61 Å². The first-order chi connectivity index (χ1) is 8.65. The van der Waals surface area contributed by atoms with E-state index in [9.17, 15) is 0 Å². The van der Waals surface area contributed by atoms with Crippen molar-refractivity contribution in [3.05, 3.63) is 18.0 Å². The van der Waals surface area contributed by atoms with E-state index in [1.54, 1.807) is 7.11 Å². The molecule has 1 N–H and O–H groups in total. The van der Waals surface area contributed by atoms with E-state index in [4.69, 9.17) is 4.74 Å². The molecule has 1 aromatic rings. The number of anilines is 1. The molecule has 2 rings (SSSR count). The van der Waals surface area contributed by atoms with E-state index in [-0.39, 0.29) is 0 Å². The molecule has 0 unspecified atom stereocenters. The molecule has 0 amide bonds. The largest absolute Gasteiger partial charge is 0.384 e. The molecule has 0 radical (unpaired) electrons. The Hall–Kier alpha value is -1.16. The third kappa shape index (κ3) is 2.99. The van der Waals surface area contributed by atoms with Gasteiger partial charge in [0.15, 0.2) is 0 Å². The van der Waals surface area contributed by atoms with Crippen LogP contribution in [-0.2, 0) is 4.74 Å². The summed E-state index contributed by atoms with van der Waals surface area (Å²) in [6.45, 7) is 6.02. The molecule has 4 nitrogen and oxygen atoms in total. The van der Waals surface area contributed by atoms with Crippen molar-refractivity contribution in [1.82, 2.24) is 9.97 Å². The smallest absolute Gasteiger partial charge is 0.222 e. The minimum Gasteiger partial charge on any atom is -0.384 e. The summed E-state index contributed by atoms with van der Waals surface area (Å²) in [4.78, 5) is 8.72. The molecule has 1 aliphatic carbocycles. The maximum Gasteiger partial charge on any atom is 0.222 e. The van der Waals surface area contributed by atoms with Crippen LogP contribution < -0.4 is 5.32 Å². The van der Waals surface area contributed by atoms with Crippen molar-refractivity contribution in [2.24, 2.45) is 5.41 Å². The quantitative estimate of drug-likeness (QED) is 0.842. The molecular weight excluding hydrogens is 226 g/mol. The zero-order chi connectivity index (χ0) is 13.0. The second-order valence-corrected chi connectivity index (χ2v) is 5.63. The van der Waals surface area contributed by atoms with Gasteiger partial charge in [-0.25, -0.2) is 9.97 Å². The lowest BCUT2D eigenvalue weighted by Crippen LogP contribution is -2.40. The number of rotatable bonds is 6. The van der Waals surface area contributed by atoms with E-state index in [1.807, 2.05) is 12.4 Å². The van der Waals surface area contributed by atoms with E-state index < -0.39 is 0 Å². The van der Waals surface area contributed by atoms with Crippen LogP contribution in [0.15, 0.2) is 12.4 Å². The topological polar surface area (TPSA) is 47.0 Å². The van der Waals surface area contributed by atoms with Gasteiger partial charge in [-0.15, -0.1) is 0 Å². The fourth-order valence-corrected chi connectivity index (χ4v) is 2.35. The first-order valence-electron chi connectivity index (χ1n) is 6.70. The average molecular weight is 249 g/mol. The molecule has 0 spiro atoms. The van der Waals surface area contributed by atoms with Crippen LogP contribution in [0.5, 0.6) is 0 Å². The van der Waals surface area contributed by atoms with Gasteiger partial charge >= 0.3 is 0 Å². The monoisotopic (exact) mass is 249 g/mol. The molecule has 0 saturated heterocycles. The third-order valence-electron chi connectivity index (χ3n) is 3.82. The van der Waals surface area contributed by atoms with E-state index in [0.717, 1.165) is 19.1 Å². The van der Waals surface area contributed by atoms with Gasteiger partial charge in [-0.2, -0.15) is 0 Å². The molecule has 1 aromatic heterocycles. The van der Waals surface area contributed by atoms with Gasteiger partial charge in [-0.3, -0.25) is 0 Å². The van der Waals surface area contributed by atoms with Crippen molar-refractivity contribution in [3.63, 3.8) is 0 Å². The maximum absolute atomic E-state index is 5.31. The van der Waals surface area contributed by atoms with E-state index >= 15 is 0 Å². The van der Waals surface area contributed by atoms with Gasteiger partial charge in [0, 0.05) is 31.5 Å². The summed E-state index contributed by atoms with van der Waals surface area (Å²) in [6, 6.07) is 0. The number of ether oxygens (including phenoxy) is 1. The van der Waals surface area contributed by atoms with Crippen molar-refractivity contribution in [1.29, 1.82) is 0 Å². The number of hydrogen-bond acceptors (Lipinski definition) is 4. The highest BCUT2D eigenvalue weighted by molar-refractivity contribution is 5.26. The second kappa shape index (κ2) is 5.65. The van der Waals surface area contributed by atoms with Gasteiger partial charge in [0.25, 0.3) is 0 Å². The molecule has 100 valence electrons. The fraction of sp³-hybridized carbons (Fsp3) is 0.714. The van der Waals surface area contributed by atoms with Gasteiger partial charge in [0.2, 0.25) is 5.95 Å². The Balaban J connectivity index is 1.89. The van der Waals surface area contributed by atoms with Crippen LogP contribution in [0.25, 0.3) is 0 Å². The van der Waals surface area contributed by atoms with Gasteiger partial charge in [0.1, 0.15) is 0 Å². The summed E-state index contributed by atoms with van der Waals surface area (Å²) < 4.78 is 5.31. The molecule has 1 fully saturated rings. The highest BCUT2D eigenvalue weighted by Crippen LogP contribution is 2.40. The Labute approximate surface area is 109 Å². The summed E-state index contributed by atoms with van der Waals surface area (Å²) in [6.07, 6.45) is 7.58. The van der Waals surface area contributed by atoms with E-state index in [2.05, 4.69) is 29.1 Å². The van der Waals surface area contributed by atoms with Crippen molar-refractivity contribution >= 4 is 5.95 Å². The Morgan fingerprint density at radius 3 is 2.44 bits per heavy atom. The maximum atomic E-state index is 5.31. The molecular formula is C14H23N3O. The van der Waals surface area contributed by atoms with Crippen LogP contribution in [0.2, 0.25) is 0 Å². The van der Waals surface area contributed by atoms with Crippen molar-refractivity contribution in [2.75, 3.05) is 25.6 Å². The van der Waals surface area contributed by atoms with E-state index in [0.29, 0.717) is 11.3 Å². The minimum absolute atomic E-state index is 0.300. The van der Waals surface area contributed by atoms with Crippen LogP contribution in [0.4, 0.5) is 5.95 Å². The van der Waals surface area contributed by atoms with Crippen molar-refractivity contribution < 1.29 is 4.74 Å². The van der Waals surface area contributed by atoms with Crippen LogP contribution in [-0.4, -0.2) is 30.2 Å². The minimum atomic E-state index is 0.300. The van der Waals surface area contributed by atoms with Crippen LogP contribution in [0, 0.1) is 5.41 Å². The predicted octanol–water partition coefficient (Wildman–Crippen LogP) is 2.83. The molecule has 18 heavy (non-hydrogen) atoms. The Kier molecular flexibility index (Phi) is 4.17. The summed E-state index contributed by atoms with van der Waals surface area (Å²) >= 11 is 0. The standard InChI is InChI=1S/C14H23N3O/c1-11(2)12-7-15-13(16-8-12)17-9-14(10-18-3)5-4-6-14/h7-8,11H,4-6,9-10H2,1-3H3,(H,15,16,17).